The van der Waals surface area contributed by atoms with E-state index in [0.717, 1.165) is 57.7 Å². The molecule has 3 aromatic carbocycles. The van der Waals surface area contributed by atoms with Crippen LogP contribution < -0.4 is 18.9 Å². The lowest BCUT2D eigenvalue weighted by Crippen LogP contribution is -2.49. The number of aromatic nitrogens is 4. The summed E-state index contributed by atoms with van der Waals surface area (Å²) in [5.74, 6) is 0.559. The van der Waals surface area contributed by atoms with Crippen LogP contribution in [0.5, 0.6) is 23.1 Å². The third-order valence-corrected chi connectivity index (χ3v) is 16.0. The fourth-order valence-corrected chi connectivity index (χ4v) is 11.6. The van der Waals surface area contributed by atoms with Crippen LogP contribution >= 0.6 is 34.5 Å². The van der Waals surface area contributed by atoms with Crippen LogP contribution in [-0.2, 0) is 32.0 Å². The largest absolute Gasteiger partial charge is 0.490 e. The summed E-state index contributed by atoms with van der Waals surface area (Å²) < 4.78 is 58.4. The Balaban J connectivity index is 0.984. The molecule has 3 aromatic heterocycles. The van der Waals surface area contributed by atoms with E-state index in [2.05, 4.69) is 31.8 Å². The summed E-state index contributed by atoms with van der Waals surface area (Å²) >= 11 is 16.0. The van der Waals surface area contributed by atoms with Crippen LogP contribution in [0.15, 0.2) is 61.1 Å². The van der Waals surface area contributed by atoms with Gasteiger partial charge in [-0.05, 0) is 105 Å². The number of carboxylic acids is 1. The van der Waals surface area contributed by atoms with E-state index in [1.807, 2.05) is 19.9 Å². The molecule has 3 atom stereocenters. The Morgan fingerprint density at radius 1 is 0.903 bits per heavy atom. The fraction of sp³-hybridized carbons (Fsp3) is 0.453. The van der Waals surface area contributed by atoms with E-state index < -0.39 is 24.0 Å². The molecule has 380 valence electrons. The van der Waals surface area contributed by atoms with Crippen LogP contribution in [0.2, 0.25) is 10.0 Å². The summed E-state index contributed by atoms with van der Waals surface area (Å²) in [6, 6.07) is 13.3. The van der Waals surface area contributed by atoms with Gasteiger partial charge in [0.15, 0.2) is 5.75 Å². The maximum Gasteiger partial charge on any atom is 0.345 e. The van der Waals surface area contributed by atoms with E-state index in [9.17, 15) is 14.3 Å². The number of carbonyl (C=O) groups is 1. The SMILES string of the molecule is Cc1c(Cl)c2c(Cl)c(C)c1-c1c(-c3ccc(F)cc3)sc3ncnc(c13)O[C@@H](C(=O)O)Cc1cc(ccc1OCc1ccnc(C3CCC(OC[C@H]4COCCO4)CC3)n1)OC[C@@H](CN1CCN(C)CC1)O2. The molecule has 4 bridgehead atoms. The number of benzene rings is 3. The number of aliphatic carboxylic acids is 1. The molecular formula is C53H57Cl2FN6O9S. The molecule has 5 aliphatic rings. The van der Waals surface area contributed by atoms with Crippen molar-refractivity contribution >= 4 is 50.7 Å². The number of likely N-dealkylation sites (N-methyl/N-ethyl adjacent to an activating group) is 1. The summed E-state index contributed by atoms with van der Waals surface area (Å²) in [4.78, 5) is 38.1. The highest BCUT2D eigenvalue weighted by Gasteiger charge is 2.33. The van der Waals surface area contributed by atoms with E-state index in [4.69, 9.17) is 61.3 Å². The van der Waals surface area contributed by atoms with Crippen molar-refractivity contribution in [1.29, 1.82) is 0 Å². The summed E-state index contributed by atoms with van der Waals surface area (Å²) in [6.45, 7) is 10.3. The van der Waals surface area contributed by atoms with E-state index in [1.165, 1.54) is 29.8 Å². The zero-order valence-corrected chi connectivity index (χ0v) is 42.7. The first kappa shape index (κ1) is 50.3. The second-order valence-electron chi connectivity index (χ2n) is 18.9. The van der Waals surface area contributed by atoms with Crippen molar-refractivity contribution in [2.75, 3.05) is 72.8 Å². The molecule has 15 nitrogen and oxygen atoms in total. The molecule has 19 heteroatoms. The lowest BCUT2D eigenvalue weighted by Gasteiger charge is -2.35. The van der Waals surface area contributed by atoms with Gasteiger partial charge in [0.05, 0.1) is 53.7 Å². The van der Waals surface area contributed by atoms with Crippen LogP contribution in [0.1, 0.15) is 59.8 Å². The van der Waals surface area contributed by atoms with Crippen LogP contribution in [0.4, 0.5) is 4.39 Å². The zero-order chi connectivity index (χ0) is 49.9. The first-order valence-corrected chi connectivity index (χ1v) is 26.0. The van der Waals surface area contributed by atoms with Gasteiger partial charge in [-0.3, -0.25) is 4.90 Å². The van der Waals surface area contributed by atoms with Gasteiger partial charge in [-0.15, -0.1) is 11.3 Å². The molecule has 7 heterocycles. The lowest BCUT2D eigenvalue weighted by atomic mass is 9.86. The smallest absolute Gasteiger partial charge is 0.345 e. The number of piperazine rings is 1. The van der Waals surface area contributed by atoms with E-state index in [0.29, 0.717) is 114 Å². The molecule has 6 aromatic rings. The van der Waals surface area contributed by atoms with Gasteiger partial charge in [0.25, 0.3) is 0 Å². The molecule has 1 saturated carbocycles. The minimum atomic E-state index is -1.46. The van der Waals surface area contributed by atoms with Crippen molar-refractivity contribution in [3.8, 4) is 44.7 Å². The number of thiophene rings is 1. The number of ether oxygens (including phenoxy) is 7. The van der Waals surface area contributed by atoms with Crippen molar-refractivity contribution in [3.05, 3.63) is 105 Å². The molecule has 72 heavy (non-hydrogen) atoms. The number of halogens is 3. The second-order valence-corrected chi connectivity index (χ2v) is 20.7. The fourth-order valence-electron chi connectivity index (χ4n) is 9.92. The van der Waals surface area contributed by atoms with Gasteiger partial charge in [0.1, 0.15) is 59.7 Å². The van der Waals surface area contributed by atoms with Crippen molar-refractivity contribution in [3.63, 3.8) is 0 Å². The van der Waals surface area contributed by atoms with Crippen molar-refractivity contribution in [1.82, 2.24) is 29.7 Å². The van der Waals surface area contributed by atoms with Crippen LogP contribution in [0.25, 0.3) is 31.8 Å². The summed E-state index contributed by atoms with van der Waals surface area (Å²) in [7, 11) is 2.11. The highest BCUT2D eigenvalue weighted by Crippen LogP contribution is 2.53. The van der Waals surface area contributed by atoms with Gasteiger partial charge in [-0.1, -0.05) is 35.3 Å². The van der Waals surface area contributed by atoms with Crippen molar-refractivity contribution in [2.45, 2.75) is 82.9 Å². The predicted molar refractivity (Wildman–Crippen MR) is 272 cm³/mol. The minimum Gasteiger partial charge on any atom is -0.490 e. The standard InChI is InChI=1S/C53H57Cl2FN6O9S/c1-30-43-31(2)47(55)48(46(30)54)70-39(24-62-18-16-61(3)17-19-62)27-68-38-12-13-41(69-25-36-14-15-57-50(60-36)33-6-10-37(11-7-33)67-28-40-26-65-20-21-66-40)34(22-38)23-42(53(63)64)71-51-45-44(43)49(72-52(45)59-29-58-51)32-4-8-35(56)9-5-32/h4-5,8-9,12-15,22,29,33,37,39-40,42H,6-7,10-11,16-21,23-28H2,1-3H3,(H,63,64)/t33?,37?,39-,40-,42-/m1/s1. The minimum absolute atomic E-state index is 0.0262. The Bertz CT molecular complexity index is 2860. The van der Waals surface area contributed by atoms with Gasteiger partial charge in [0.2, 0.25) is 12.0 Å². The third-order valence-electron chi connectivity index (χ3n) is 13.9. The Morgan fingerprint density at radius 3 is 2.42 bits per heavy atom. The quantitative estimate of drug-likeness (QED) is 0.131. The van der Waals surface area contributed by atoms with Gasteiger partial charge in [-0.2, -0.15) is 0 Å². The molecular weight excluding hydrogens is 987 g/mol. The Hall–Kier alpha value is -5.24. The number of fused-ring (bicyclic) bond motifs is 7. The van der Waals surface area contributed by atoms with Gasteiger partial charge in [-0.25, -0.2) is 29.1 Å². The Kier molecular flexibility index (Phi) is 15.7. The van der Waals surface area contributed by atoms with E-state index in [-0.39, 0.29) is 43.6 Å². The average molecular weight is 1040 g/mol. The summed E-state index contributed by atoms with van der Waals surface area (Å²) in [5, 5.41) is 12.0. The maximum absolute atomic E-state index is 14.4. The first-order valence-electron chi connectivity index (χ1n) is 24.5. The Morgan fingerprint density at radius 2 is 1.68 bits per heavy atom. The van der Waals surface area contributed by atoms with Crippen molar-refractivity contribution < 1.29 is 47.4 Å². The summed E-state index contributed by atoms with van der Waals surface area (Å²) in [6.07, 6.45) is 4.67. The molecule has 0 spiro atoms. The monoisotopic (exact) mass is 1040 g/mol. The lowest BCUT2D eigenvalue weighted by molar-refractivity contribution is -0.145. The normalized spacial score (nSPS) is 22.2. The second kappa shape index (κ2) is 22.5. The number of rotatable bonds is 11. The first-order chi connectivity index (χ1) is 34.9. The average Bonchev–Trinajstić information content (AvgIpc) is 3.78. The molecule has 4 aliphatic heterocycles. The Labute approximate surface area is 431 Å². The van der Waals surface area contributed by atoms with E-state index in [1.54, 1.807) is 36.5 Å². The topological polar surface area (TPSA) is 160 Å². The maximum atomic E-state index is 14.4. The predicted octanol–water partition coefficient (Wildman–Crippen LogP) is 9.38. The molecule has 0 unspecified atom stereocenters. The van der Waals surface area contributed by atoms with Gasteiger partial charge >= 0.3 is 5.97 Å². The third kappa shape index (κ3) is 11.3. The van der Waals surface area contributed by atoms with Crippen LogP contribution in [-0.4, -0.2) is 138 Å². The molecule has 1 aliphatic carbocycles. The number of carboxylic acid groups (broad SMARTS) is 1. The molecule has 2 saturated heterocycles. The number of nitrogens with zero attached hydrogens (tertiary/aromatic N) is 6. The number of hydrogen-bond acceptors (Lipinski definition) is 15. The molecule has 11 rings (SSSR count). The van der Waals surface area contributed by atoms with Crippen molar-refractivity contribution in [2.24, 2.45) is 0 Å². The van der Waals surface area contributed by atoms with Crippen LogP contribution in [0, 0.1) is 19.7 Å². The molecule has 3 fully saturated rings. The molecule has 0 radical (unpaired) electrons. The van der Waals surface area contributed by atoms with Gasteiger partial charge in [0, 0.05) is 67.3 Å². The highest BCUT2D eigenvalue weighted by molar-refractivity contribution is 7.22. The van der Waals surface area contributed by atoms with Gasteiger partial charge < -0.3 is 43.2 Å². The van der Waals surface area contributed by atoms with E-state index >= 15 is 0 Å². The zero-order valence-electron chi connectivity index (χ0n) is 40.4. The number of hydrogen-bond donors (Lipinski definition) is 1. The molecule has 0 amide bonds. The van der Waals surface area contributed by atoms with Crippen LogP contribution in [0.3, 0.4) is 0 Å². The summed E-state index contributed by atoms with van der Waals surface area (Å²) in [5.41, 5.74) is 4.49. The highest BCUT2D eigenvalue weighted by atomic mass is 35.5. The molecule has 1 N–H and O–H groups in total.